The van der Waals surface area contributed by atoms with Crippen molar-refractivity contribution < 1.29 is 4.42 Å². The van der Waals surface area contributed by atoms with E-state index in [1.807, 2.05) is 31.6 Å². The quantitative estimate of drug-likeness (QED) is 0.863. The SMILES string of the molecule is Cc1ccc(CNCc2cncn2C(C)C)o1. The summed E-state index contributed by atoms with van der Waals surface area (Å²) >= 11 is 0. The van der Waals surface area contributed by atoms with Crippen LogP contribution in [0, 0.1) is 6.92 Å². The molecule has 0 aliphatic heterocycles. The Labute approximate surface area is 102 Å². The fraction of sp³-hybridized carbons (Fsp3) is 0.462. The van der Waals surface area contributed by atoms with Crippen LogP contribution in [-0.4, -0.2) is 9.55 Å². The Bertz CT molecular complexity index is 470. The molecule has 0 atom stereocenters. The van der Waals surface area contributed by atoms with Crippen molar-refractivity contribution in [3.63, 3.8) is 0 Å². The highest BCUT2D eigenvalue weighted by atomic mass is 16.3. The number of nitrogens with one attached hydrogen (secondary N) is 1. The molecule has 0 amide bonds. The van der Waals surface area contributed by atoms with E-state index >= 15 is 0 Å². The molecule has 17 heavy (non-hydrogen) atoms. The van der Waals surface area contributed by atoms with Crippen LogP contribution in [0.3, 0.4) is 0 Å². The molecule has 2 rings (SSSR count). The van der Waals surface area contributed by atoms with E-state index in [2.05, 4.69) is 28.7 Å². The Balaban J connectivity index is 1.88. The first-order valence-corrected chi connectivity index (χ1v) is 5.93. The summed E-state index contributed by atoms with van der Waals surface area (Å²) in [5.41, 5.74) is 1.20. The first kappa shape index (κ1) is 11.9. The zero-order valence-electron chi connectivity index (χ0n) is 10.6. The van der Waals surface area contributed by atoms with Gasteiger partial charge in [0.15, 0.2) is 0 Å². The van der Waals surface area contributed by atoms with Crippen LogP contribution in [0.1, 0.15) is 37.1 Å². The van der Waals surface area contributed by atoms with Crippen molar-refractivity contribution in [2.45, 2.75) is 39.9 Å². The molecule has 0 spiro atoms. The molecule has 0 bridgehead atoms. The van der Waals surface area contributed by atoms with Gasteiger partial charge in [-0.1, -0.05) is 0 Å². The minimum atomic E-state index is 0.445. The average Bonchev–Trinajstić information content (AvgIpc) is 2.87. The van der Waals surface area contributed by atoms with Crippen LogP contribution in [0.15, 0.2) is 29.1 Å². The number of furan rings is 1. The van der Waals surface area contributed by atoms with E-state index in [-0.39, 0.29) is 0 Å². The van der Waals surface area contributed by atoms with E-state index in [0.29, 0.717) is 6.04 Å². The summed E-state index contributed by atoms with van der Waals surface area (Å²) in [6, 6.07) is 4.43. The molecular formula is C13H19N3O. The second kappa shape index (κ2) is 5.19. The van der Waals surface area contributed by atoms with E-state index < -0.39 is 0 Å². The van der Waals surface area contributed by atoms with Gasteiger partial charge in [0.25, 0.3) is 0 Å². The van der Waals surface area contributed by atoms with Crippen molar-refractivity contribution in [2.24, 2.45) is 0 Å². The molecule has 2 aromatic rings. The lowest BCUT2D eigenvalue weighted by molar-refractivity contribution is 0.456. The van der Waals surface area contributed by atoms with Gasteiger partial charge in [0.2, 0.25) is 0 Å². The minimum absolute atomic E-state index is 0.445. The molecule has 1 N–H and O–H groups in total. The molecule has 0 saturated heterocycles. The third-order valence-electron chi connectivity index (χ3n) is 2.70. The lowest BCUT2D eigenvalue weighted by atomic mass is 10.3. The summed E-state index contributed by atoms with van der Waals surface area (Å²) in [4.78, 5) is 4.17. The Hall–Kier alpha value is -1.55. The van der Waals surface area contributed by atoms with E-state index in [1.54, 1.807) is 0 Å². The van der Waals surface area contributed by atoms with Gasteiger partial charge in [-0.15, -0.1) is 0 Å². The molecule has 0 unspecified atom stereocenters. The first-order chi connectivity index (χ1) is 8.16. The highest BCUT2D eigenvalue weighted by molar-refractivity contribution is 5.06. The van der Waals surface area contributed by atoms with E-state index in [0.717, 1.165) is 24.6 Å². The molecule has 0 fully saturated rings. The number of aromatic nitrogens is 2. The third-order valence-corrected chi connectivity index (χ3v) is 2.70. The summed E-state index contributed by atoms with van der Waals surface area (Å²) in [7, 11) is 0. The van der Waals surface area contributed by atoms with Gasteiger partial charge in [-0.05, 0) is 32.9 Å². The fourth-order valence-electron chi connectivity index (χ4n) is 1.83. The summed E-state index contributed by atoms with van der Waals surface area (Å²) < 4.78 is 7.66. The molecule has 4 nitrogen and oxygen atoms in total. The van der Waals surface area contributed by atoms with Crippen molar-refractivity contribution in [3.05, 3.63) is 41.9 Å². The number of nitrogens with zero attached hydrogens (tertiary/aromatic N) is 2. The second-order valence-electron chi connectivity index (χ2n) is 4.50. The molecule has 0 saturated carbocycles. The van der Waals surface area contributed by atoms with Crippen molar-refractivity contribution >= 4 is 0 Å². The maximum atomic E-state index is 5.50. The largest absolute Gasteiger partial charge is 0.465 e. The molecule has 4 heteroatoms. The molecular weight excluding hydrogens is 214 g/mol. The van der Waals surface area contributed by atoms with Gasteiger partial charge in [0.05, 0.1) is 18.6 Å². The summed E-state index contributed by atoms with van der Waals surface area (Å²) in [6.07, 6.45) is 3.78. The molecule has 0 aliphatic carbocycles. The van der Waals surface area contributed by atoms with E-state index in [4.69, 9.17) is 4.42 Å². The molecule has 0 aliphatic rings. The number of hydrogen-bond acceptors (Lipinski definition) is 3. The molecule has 92 valence electrons. The normalized spacial score (nSPS) is 11.3. The summed E-state index contributed by atoms with van der Waals surface area (Å²) in [6.45, 7) is 7.81. The zero-order chi connectivity index (χ0) is 12.3. The maximum Gasteiger partial charge on any atom is 0.117 e. The average molecular weight is 233 g/mol. The standard InChI is InChI=1S/C13H19N3O/c1-10(2)16-9-15-7-12(16)6-14-8-13-5-4-11(3)17-13/h4-5,7,9-10,14H,6,8H2,1-3H3. The highest BCUT2D eigenvalue weighted by Gasteiger charge is 2.05. The van der Waals surface area contributed by atoms with Crippen molar-refractivity contribution in [1.82, 2.24) is 14.9 Å². The molecule has 0 radical (unpaired) electrons. The van der Waals surface area contributed by atoms with Gasteiger partial charge in [-0.3, -0.25) is 0 Å². The van der Waals surface area contributed by atoms with Crippen LogP contribution in [0.5, 0.6) is 0 Å². The summed E-state index contributed by atoms with van der Waals surface area (Å²) in [5.74, 6) is 1.92. The first-order valence-electron chi connectivity index (χ1n) is 5.93. The minimum Gasteiger partial charge on any atom is -0.465 e. The third kappa shape index (κ3) is 2.97. The number of imidazole rings is 1. The number of aryl methyl sites for hydroxylation is 1. The van der Waals surface area contributed by atoms with Crippen LogP contribution >= 0.6 is 0 Å². The van der Waals surface area contributed by atoms with Crippen molar-refractivity contribution in [3.8, 4) is 0 Å². The van der Waals surface area contributed by atoms with Crippen molar-refractivity contribution in [2.75, 3.05) is 0 Å². The molecule has 2 aromatic heterocycles. The van der Waals surface area contributed by atoms with Crippen LogP contribution in [-0.2, 0) is 13.1 Å². The van der Waals surface area contributed by atoms with Gasteiger partial charge in [0.1, 0.15) is 11.5 Å². The molecule has 2 heterocycles. The van der Waals surface area contributed by atoms with E-state index in [1.165, 1.54) is 5.69 Å². The Kier molecular flexibility index (Phi) is 3.64. The van der Waals surface area contributed by atoms with Crippen LogP contribution in [0.2, 0.25) is 0 Å². The van der Waals surface area contributed by atoms with Gasteiger partial charge >= 0.3 is 0 Å². The van der Waals surface area contributed by atoms with Gasteiger partial charge in [-0.25, -0.2) is 4.98 Å². The zero-order valence-corrected chi connectivity index (χ0v) is 10.6. The predicted molar refractivity (Wildman–Crippen MR) is 66.6 cm³/mol. The number of hydrogen-bond donors (Lipinski definition) is 1. The van der Waals surface area contributed by atoms with Crippen molar-refractivity contribution in [1.29, 1.82) is 0 Å². The summed E-state index contributed by atoms with van der Waals surface area (Å²) in [5, 5.41) is 3.36. The van der Waals surface area contributed by atoms with Crippen LogP contribution in [0.25, 0.3) is 0 Å². The fourth-order valence-corrected chi connectivity index (χ4v) is 1.83. The number of rotatable bonds is 5. The van der Waals surface area contributed by atoms with Crippen LogP contribution < -0.4 is 5.32 Å². The van der Waals surface area contributed by atoms with Gasteiger partial charge < -0.3 is 14.3 Å². The molecule has 0 aromatic carbocycles. The Morgan fingerprint density at radius 2 is 2.18 bits per heavy atom. The Morgan fingerprint density at radius 1 is 1.35 bits per heavy atom. The second-order valence-corrected chi connectivity index (χ2v) is 4.50. The topological polar surface area (TPSA) is 43.0 Å². The van der Waals surface area contributed by atoms with Crippen LogP contribution in [0.4, 0.5) is 0 Å². The highest BCUT2D eigenvalue weighted by Crippen LogP contribution is 2.09. The van der Waals surface area contributed by atoms with Gasteiger partial charge in [-0.2, -0.15) is 0 Å². The van der Waals surface area contributed by atoms with E-state index in [9.17, 15) is 0 Å². The monoisotopic (exact) mass is 233 g/mol. The lowest BCUT2D eigenvalue weighted by Crippen LogP contribution is -2.16. The van der Waals surface area contributed by atoms with Gasteiger partial charge in [0, 0.05) is 18.8 Å². The smallest absolute Gasteiger partial charge is 0.117 e. The Morgan fingerprint density at radius 3 is 2.82 bits per heavy atom. The predicted octanol–water partition coefficient (Wildman–Crippen LogP) is 2.66. The maximum absolute atomic E-state index is 5.50. The lowest BCUT2D eigenvalue weighted by Gasteiger charge is -2.11.